The minimum absolute atomic E-state index is 0.0414. The molecule has 0 saturated heterocycles. The number of nitrogens with one attached hydrogen (secondary N) is 1. The molecule has 4 rings (SSSR count). The maximum atomic E-state index is 15.1. The second kappa shape index (κ2) is 10.9. The molecule has 0 aliphatic carbocycles. The molecule has 0 spiro atoms. The number of esters is 1. The van der Waals surface area contributed by atoms with Crippen molar-refractivity contribution < 1.29 is 18.7 Å². The van der Waals surface area contributed by atoms with Gasteiger partial charge in [-0.3, -0.25) is 4.79 Å². The maximum Gasteiger partial charge on any atom is 0.338 e. The van der Waals surface area contributed by atoms with Crippen molar-refractivity contribution in [3.05, 3.63) is 93.9 Å². The number of carbonyl (C=O) groups excluding carboxylic acids is 2. The van der Waals surface area contributed by atoms with Crippen molar-refractivity contribution in [3.8, 4) is 0 Å². The summed E-state index contributed by atoms with van der Waals surface area (Å²) in [5.74, 6) is -1.15. The van der Waals surface area contributed by atoms with Crippen molar-refractivity contribution in [1.82, 2.24) is 10.2 Å². The molecular formula is C27H28FN3O3S. The number of nitrogens with zero attached hydrogens (tertiary/aromatic N) is 2. The van der Waals surface area contributed by atoms with Gasteiger partial charge in [0.2, 0.25) is 5.91 Å². The van der Waals surface area contributed by atoms with E-state index in [2.05, 4.69) is 10.3 Å². The molecule has 2 aliphatic rings. The number of amides is 1. The highest BCUT2D eigenvalue weighted by molar-refractivity contribution is 8.16. The highest BCUT2D eigenvalue weighted by Crippen LogP contribution is 2.45. The van der Waals surface area contributed by atoms with Crippen molar-refractivity contribution >= 4 is 28.8 Å². The summed E-state index contributed by atoms with van der Waals surface area (Å²) in [4.78, 5) is 32.5. The number of halogens is 1. The van der Waals surface area contributed by atoms with Gasteiger partial charge in [0.25, 0.3) is 0 Å². The molecule has 0 aromatic heterocycles. The van der Waals surface area contributed by atoms with Gasteiger partial charge < -0.3 is 15.0 Å². The average molecular weight is 494 g/mol. The summed E-state index contributed by atoms with van der Waals surface area (Å²) in [6.07, 6.45) is 0.903. The van der Waals surface area contributed by atoms with Gasteiger partial charge in [-0.05, 0) is 37.3 Å². The summed E-state index contributed by atoms with van der Waals surface area (Å²) in [6, 6.07) is 15.0. The van der Waals surface area contributed by atoms with Gasteiger partial charge in [0.05, 0.1) is 23.7 Å². The molecule has 1 amide bonds. The van der Waals surface area contributed by atoms with E-state index in [0.717, 1.165) is 12.0 Å². The van der Waals surface area contributed by atoms with Crippen LogP contribution in [0.3, 0.4) is 0 Å². The fourth-order valence-corrected chi connectivity index (χ4v) is 4.98. The molecule has 2 heterocycles. The highest BCUT2D eigenvalue weighted by Gasteiger charge is 2.42. The van der Waals surface area contributed by atoms with E-state index >= 15 is 4.39 Å². The van der Waals surface area contributed by atoms with Crippen LogP contribution in [-0.4, -0.2) is 28.0 Å². The maximum absolute atomic E-state index is 15.1. The van der Waals surface area contributed by atoms with Crippen molar-refractivity contribution in [2.24, 2.45) is 4.99 Å². The van der Waals surface area contributed by atoms with Gasteiger partial charge in [-0.15, -0.1) is 0 Å². The fourth-order valence-electron chi connectivity index (χ4n) is 4.02. The lowest BCUT2D eigenvalue weighted by molar-refractivity contribution is -0.141. The normalized spacial score (nSPS) is 17.9. The second-order valence-electron chi connectivity index (χ2n) is 8.53. The Hall–Kier alpha value is -3.39. The number of rotatable bonds is 8. The first-order valence-electron chi connectivity index (χ1n) is 11.6. The molecule has 182 valence electrons. The van der Waals surface area contributed by atoms with Crippen molar-refractivity contribution in [2.75, 3.05) is 0 Å². The van der Waals surface area contributed by atoms with E-state index in [1.54, 1.807) is 30.0 Å². The van der Waals surface area contributed by atoms with Gasteiger partial charge in [-0.25, -0.2) is 14.2 Å². The van der Waals surface area contributed by atoms with Crippen molar-refractivity contribution in [1.29, 1.82) is 0 Å². The van der Waals surface area contributed by atoms with Crippen LogP contribution in [0.5, 0.6) is 0 Å². The summed E-state index contributed by atoms with van der Waals surface area (Å²) >= 11 is 1.36. The van der Waals surface area contributed by atoms with E-state index in [1.807, 2.05) is 49.6 Å². The number of hydrogen-bond acceptors (Lipinski definition) is 6. The van der Waals surface area contributed by atoms with Crippen LogP contribution < -0.4 is 5.32 Å². The molecule has 0 unspecified atom stereocenters. The number of ether oxygens (including phenoxy) is 1. The quantitative estimate of drug-likeness (QED) is 0.495. The Morgan fingerprint density at radius 2 is 1.89 bits per heavy atom. The van der Waals surface area contributed by atoms with E-state index in [-0.39, 0.29) is 30.5 Å². The molecule has 2 aromatic rings. The van der Waals surface area contributed by atoms with Gasteiger partial charge in [0.1, 0.15) is 12.4 Å². The molecule has 35 heavy (non-hydrogen) atoms. The van der Waals surface area contributed by atoms with Crippen LogP contribution in [0.1, 0.15) is 50.8 Å². The third-order valence-electron chi connectivity index (χ3n) is 5.99. The summed E-state index contributed by atoms with van der Waals surface area (Å²) in [5, 5.41) is 5.41. The summed E-state index contributed by atoms with van der Waals surface area (Å²) in [6.45, 7) is 5.76. The Morgan fingerprint density at radius 3 is 2.60 bits per heavy atom. The lowest BCUT2D eigenvalue weighted by Crippen LogP contribution is -2.39. The van der Waals surface area contributed by atoms with Gasteiger partial charge in [0.15, 0.2) is 5.17 Å². The number of amidine groups is 1. The number of fused-ring (bicyclic) bond motifs is 1. The van der Waals surface area contributed by atoms with Gasteiger partial charge in [-0.1, -0.05) is 67.2 Å². The van der Waals surface area contributed by atoms with Crippen molar-refractivity contribution in [2.45, 2.75) is 52.3 Å². The first-order chi connectivity index (χ1) is 16.9. The van der Waals surface area contributed by atoms with Gasteiger partial charge in [-0.2, -0.15) is 0 Å². The van der Waals surface area contributed by atoms with Crippen LogP contribution in [0, 0.1) is 5.82 Å². The highest BCUT2D eigenvalue weighted by atomic mass is 32.2. The second-order valence-corrected chi connectivity index (χ2v) is 9.37. The summed E-state index contributed by atoms with van der Waals surface area (Å²) in [7, 11) is 0. The average Bonchev–Trinajstić information content (AvgIpc) is 3.24. The third kappa shape index (κ3) is 5.48. The van der Waals surface area contributed by atoms with Crippen LogP contribution in [0.25, 0.3) is 0 Å². The van der Waals surface area contributed by atoms with Gasteiger partial charge >= 0.3 is 5.97 Å². The Labute approximate surface area is 209 Å². The van der Waals surface area contributed by atoms with Crippen LogP contribution in [-0.2, 0) is 20.9 Å². The molecule has 0 fully saturated rings. The van der Waals surface area contributed by atoms with E-state index in [1.165, 1.54) is 17.8 Å². The first-order valence-corrected chi connectivity index (χ1v) is 12.5. The monoisotopic (exact) mass is 493 g/mol. The number of thioether (sulfide) groups is 1. The van der Waals surface area contributed by atoms with E-state index in [0.29, 0.717) is 22.1 Å². The summed E-state index contributed by atoms with van der Waals surface area (Å²) in [5.41, 5.74) is 2.55. The Bertz CT molecular complexity index is 1210. The third-order valence-corrected chi connectivity index (χ3v) is 6.88. The first kappa shape index (κ1) is 24.7. The van der Waals surface area contributed by atoms with E-state index in [4.69, 9.17) is 4.74 Å². The Balaban J connectivity index is 1.67. The van der Waals surface area contributed by atoms with Crippen molar-refractivity contribution in [3.63, 3.8) is 0 Å². The molecule has 6 nitrogen and oxygen atoms in total. The largest absolute Gasteiger partial charge is 0.457 e. The lowest BCUT2D eigenvalue weighted by atomic mass is 9.93. The standard InChI is InChI=1S/C27H28FN3O3S/c1-4-17(2)29-23(32)14-20-16-35-27-30-18(3)24(26(33)34-15-19-10-6-5-7-11-19)25(31(20)27)21-12-8-9-13-22(21)28/h5-13,16-17,25H,4,14-15H2,1-3H3,(H,29,32)/t17-,25-/m0/s1. The zero-order valence-electron chi connectivity index (χ0n) is 20.0. The molecule has 2 aliphatic heterocycles. The topological polar surface area (TPSA) is 71.0 Å². The fraction of sp³-hybridized carbons (Fsp3) is 0.296. The summed E-state index contributed by atoms with van der Waals surface area (Å²) < 4.78 is 20.7. The predicted octanol–water partition coefficient (Wildman–Crippen LogP) is 5.45. The number of hydrogen-bond donors (Lipinski definition) is 1. The molecule has 0 saturated carbocycles. The molecule has 2 atom stereocenters. The van der Waals surface area contributed by atoms with E-state index in [9.17, 15) is 9.59 Å². The Morgan fingerprint density at radius 1 is 1.17 bits per heavy atom. The molecule has 0 bridgehead atoms. The zero-order valence-corrected chi connectivity index (χ0v) is 20.8. The number of benzene rings is 2. The minimum Gasteiger partial charge on any atom is -0.457 e. The number of allylic oxidation sites excluding steroid dienone is 1. The van der Waals surface area contributed by atoms with Crippen LogP contribution in [0.2, 0.25) is 0 Å². The molecular weight excluding hydrogens is 465 g/mol. The lowest BCUT2D eigenvalue weighted by Gasteiger charge is -2.36. The SMILES string of the molecule is CC[C@H](C)NC(=O)CC1=CSC2=NC(C)=C(C(=O)OCc3ccccc3)[C@H](c3ccccc3F)N12. The predicted molar refractivity (Wildman–Crippen MR) is 136 cm³/mol. The number of carbonyl (C=O) groups is 2. The van der Waals surface area contributed by atoms with Crippen LogP contribution in [0.15, 0.2) is 82.0 Å². The van der Waals surface area contributed by atoms with Crippen LogP contribution in [0.4, 0.5) is 4.39 Å². The molecule has 1 N–H and O–H groups in total. The minimum atomic E-state index is -0.801. The Kier molecular flexibility index (Phi) is 7.70. The van der Waals surface area contributed by atoms with E-state index < -0.39 is 17.8 Å². The molecule has 2 aromatic carbocycles. The van der Waals surface area contributed by atoms with Gasteiger partial charge in [0, 0.05) is 17.3 Å². The molecule has 0 radical (unpaired) electrons. The number of aliphatic imine (C=N–C) groups is 1. The molecule has 8 heteroatoms. The van der Waals surface area contributed by atoms with Crippen LogP contribution >= 0.6 is 11.8 Å². The smallest absolute Gasteiger partial charge is 0.338 e. The zero-order chi connectivity index (χ0) is 24.9.